The Balaban J connectivity index is 1.45. The van der Waals surface area contributed by atoms with Crippen molar-refractivity contribution in [2.24, 2.45) is 10.1 Å². The third-order valence-electron chi connectivity index (χ3n) is 8.51. The van der Waals surface area contributed by atoms with E-state index in [1.807, 2.05) is 95.9 Å². The number of amides is 1. The fourth-order valence-electron chi connectivity index (χ4n) is 6.07. The number of carbonyl (C=O) groups excluding carboxylic acids is 1. The second-order valence-electron chi connectivity index (χ2n) is 11.5. The summed E-state index contributed by atoms with van der Waals surface area (Å²) in [6.07, 6.45) is 0.0260. The monoisotopic (exact) mass is 631 g/mol. The molecule has 4 aromatic carbocycles. The van der Waals surface area contributed by atoms with Crippen molar-refractivity contribution in [1.82, 2.24) is 4.90 Å². The molecule has 2 aliphatic heterocycles. The number of azide groups is 1. The molecule has 1 amide bonds. The molecule has 6 rings (SSSR count). The van der Waals surface area contributed by atoms with Crippen molar-refractivity contribution in [3.05, 3.63) is 136 Å². The minimum absolute atomic E-state index is 0.0572. The molecule has 2 atom stereocenters. The summed E-state index contributed by atoms with van der Waals surface area (Å²) in [6, 6.07) is 33.3. The first-order chi connectivity index (χ1) is 23.1. The van der Waals surface area contributed by atoms with Gasteiger partial charge in [0.15, 0.2) is 11.6 Å². The van der Waals surface area contributed by atoms with Crippen molar-refractivity contribution in [2.75, 3.05) is 39.5 Å². The third kappa shape index (κ3) is 7.15. The average Bonchev–Trinajstić information content (AvgIpc) is 3.52. The van der Waals surface area contributed by atoms with Gasteiger partial charge in [-0.05, 0) is 57.6 Å². The van der Waals surface area contributed by atoms with Crippen LogP contribution in [0.3, 0.4) is 0 Å². The number of aliphatic imine (C=N–C) groups is 1. The molecule has 10 heteroatoms. The van der Waals surface area contributed by atoms with Crippen LogP contribution in [0.25, 0.3) is 21.6 Å². The molecule has 0 unspecified atom stereocenters. The number of ether oxygens (including phenoxy) is 3. The van der Waals surface area contributed by atoms with Crippen molar-refractivity contribution in [1.29, 1.82) is 0 Å². The zero-order valence-corrected chi connectivity index (χ0v) is 26.1. The van der Waals surface area contributed by atoms with Crippen LogP contribution in [-0.4, -0.2) is 66.9 Å². The summed E-state index contributed by atoms with van der Waals surface area (Å²) in [5.41, 5.74) is 13.1. The predicted octanol–water partition coefficient (Wildman–Crippen LogP) is 6.28. The summed E-state index contributed by atoms with van der Waals surface area (Å²) < 4.78 is 18.1. The van der Waals surface area contributed by atoms with E-state index in [0.29, 0.717) is 56.5 Å². The Morgan fingerprint density at radius 3 is 2.28 bits per heavy atom. The number of benzene rings is 4. The fourth-order valence-corrected chi connectivity index (χ4v) is 6.07. The summed E-state index contributed by atoms with van der Waals surface area (Å²) in [4.78, 5) is 24.9. The molecule has 0 bridgehead atoms. The number of aliphatic hydroxyl groups excluding tert-OH is 1. The first-order valence-electron chi connectivity index (χ1n) is 15.8. The Hall–Kier alpha value is -5.15. The minimum Gasteiger partial charge on any atom is -0.494 e. The van der Waals surface area contributed by atoms with Crippen LogP contribution < -0.4 is 4.74 Å². The van der Waals surface area contributed by atoms with E-state index in [2.05, 4.69) is 22.2 Å². The normalized spacial score (nSPS) is 19.0. The second kappa shape index (κ2) is 15.0. The van der Waals surface area contributed by atoms with Gasteiger partial charge in [-0.1, -0.05) is 84.0 Å². The van der Waals surface area contributed by atoms with Gasteiger partial charge in [0, 0.05) is 43.0 Å². The van der Waals surface area contributed by atoms with Crippen LogP contribution in [0, 0.1) is 0 Å². The summed E-state index contributed by atoms with van der Waals surface area (Å²) in [5.74, 6) is 0.880. The maximum atomic E-state index is 14.9. The van der Waals surface area contributed by atoms with E-state index in [4.69, 9.17) is 29.8 Å². The maximum Gasteiger partial charge on any atom is 0.255 e. The van der Waals surface area contributed by atoms with Crippen molar-refractivity contribution >= 4 is 11.8 Å². The highest BCUT2D eigenvalue weighted by molar-refractivity contribution is 6.01. The molecule has 10 nitrogen and oxygen atoms in total. The topological polar surface area (TPSA) is 129 Å². The van der Waals surface area contributed by atoms with Crippen molar-refractivity contribution in [3.8, 4) is 16.9 Å². The molecule has 0 saturated carbocycles. The molecule has 1 N–H and O–H groups in total. The predicted molar refractivity (Wildman–Crippen MR) is 179 cm³/mol. The van der Waals surface area contributed by atoms with Crippen molar-refractivity contribution in [2.45, 2.75) is 31.0 Å². The lowest BCUT2D eigenvalue weighted by Gasteiger charge is -2.37. The molecule has 240 valence electrons. The Morgan fingerprint density at radius 1 is 0.915 bits per heavy atom. The van der Waals surface area contributed by atoms with Gasteiger partial charge in [-0.25, -0.2) is 4.99 Å². The van der Waals surface area contributed by atoms with E-state index in [1.165, 1.54) is 0 Å². The Labute approximate surface area is 273 Å². The van der Waals surface area contributed by atoms with Crippen LogP contribution in [0.5, 0.6) is 5.75 Å². The molecule has 1 fully saturated rings. The molecule has 0 aliphatic carbocycles. The highest BCUT2D eigenvalue weighted by Gasteiger charge is 2.55. The number of aliphatic hydroxyl groups is 1. The molecule has 47 heavy (non-hydrogen) atoms. The third-order valence-corrected chi connectivity index (χ3v) is 8.51. The van der Waals surface area contributed by atoms with E-state index in [9.17, 15) is 4.79 Å². The highest BCUT2D eigenvalue weighted by atomic mass is 16.5. The van der Waals surface area contributed by atoms with Crippen LogP contribution in [0.15, 0.2) is 113 Å². The van der Waals surface area contributed by atoms with Gasteiger partial charge in [-0.3, -0.25) is 4.79 Å². The quantitative estimate of drug-likeness (QED) is 0.0851. The van der Waals surface area contributed by atoms with Gasteiger partial charge in [-0.2, -0.15) is 0 Å². The lowest BCUT2D eigenvalue weighted by molar-refractivity contribution is -0.143. The number of morpholine rings is 1. The largest absolute Gasteiger partial charge is 0.494 e. The highest BCUT2D eigenvalue weighted by Crippen LogP contribution is 2.44. The molecule has 2 heterocycles. The molecule has 2 aliphatic rings. The smallest absolute Gasteiger partial charge is 0.255 e. The van der Waals surface area contributed by atoms with Gasteiger partial charge in [0.25, 0.3) is 5.91 Å². The minimum atomic E-state index is -1.36. The van der Waals surface area contributed by atoms with Gasteiger partial charge >= 0.3 is 0 Å². The lowest BCUT2D eigenvalue weighted by Crippen LogP contribution is -2.54. The Morgan fingerprint density at radius 2 is 1.57 bits per heavy atom. The van der Waals surface area contributed by atoms with E-state index in [-0.39, 0.29) is 25.5 Å². The van der Waals surface area contributed by atoms with Crippen molar-refractivity contribution < 1.29 is 24.1 Å². The molecule has 4 aromatic rings. The maximum absolute atomic E-state index is 14.9. The van der Waals surface area contributed by atoms with Gasteiger partial charge in [0.2, 0.25) is 5.90 Å². The number of nitrogens with zero attached hydrogens (tertiary/aromatic N) is 5. The van der Waals surface area contributed by atoms with E-state index < -0.39 is 11.6 Å². The van der Waals surface area contributed by atoms with Crippen LogP contribution in [0.1, 0.15) is 34.8 Å². The average molecular weight is 632 g/mol. The van der Waals surface area contributed by atoms with E-state index in [0.717, 1.165) is 27.8 Å². The van der Waals surface area contributed by atoms with Crippen LogP contribution in [0.2, 0.25) is 0 Å². The lowest BCUT2D eigenvalue weighted by atomic mass is 9.80. The Bertz CT molecular complexity index is 1730. The van der Waals surface area contributed by atoms with Gasteiger partial charge in [0.1, 0.15) is 5.75 Å². The van der Waals surface area contributed by atoms with Crippen LogP contribution in [-0.2, 0) is 27.2 Å². The van der Waals surface area contributed by atoms with Crippen LogP contribution in [0.4, 0.5) is 0 Å². The molecule has 1 saturated heterocycles. The van der Waals surface area contributed by atoms with Crippen LogP contribution >= 0.6 is 0 Å². The molecular formula is C37H37N5O5. The summed E-state index contributed by atoms with van der Waals surface area (Å²) in [7, 11) is 0. The number of rotatable bonds is 12. The van der Waals surface area contributed by atoms with Gasteiger partial charge in [-0.15, -0.1) is 0 Å². The number of hydrogen-bond acceptors (Lipinski definition) is 7. The van der Waals surface area contributed by atoms with E-state index in [1.54, 1.807) is 0 Å². The fraction of sp³-hybridized carbons (Fsp3) is 0.297. The second-order valence-corrected chi connectivity index (χ2v) is 11.5. The zero-order valence-electron chi connectivity index (χ0n) is 26.1. The summed E-state index contributed by atoms with van der Waals surface area (Å²) in [5, 5.41) is 12.9. The standard InChI is InChI=1S/C37H37N5O5/c38-41-39-26-32-10-5-4-9-31(32)25-37(36(44)42-19-23-45-24-20-42)34(29-13-11-28(12-14-29)27-7-2-1-3-8-27)47-35(40-37)30-15-17-33(18-16-30)46-22-6-21-43/h1-5,7-18,34,43H,6,19-26H2/t34-,37-/m1/s1. The van der Waals surface area contributed by atoms with Gasteiger partial charge < -0.3 is 24.2 Å². The van der Waals surface area contributed by atoms with Gasteiger partial charge in [0.05, 0.1) is 26.4 Å². The first kappa shape index (κ1) is 31.8. The summed E-state index contributed by atoms with van der Waals surface area (Å²) in [6.45, 7) is 2.40. The first-order valence-corrected chi connectivity index (χ1v) is 15.8. The number of carbonyl (C=O) groups is 1. The molecule has 0 aromatic heterocycles. The number of hydrogen-bond donors (Lipinski definition) is 1. The Kier molecular flexibility index (Phi) is 10.1. The van der Waals surface area contributed by atoms with Crippen molar-refractivity contribution in [3.63, 3.8) is 0 Å². The molecule has 0 spiro atoms. The summed E-state index contributed by atoms with van der Waals surface area (Å²) >= 11 is 0. The van der Waals surface area contributed by atoms with E-state index >= 15 is 0 Å². The molecular weight excluding hydrogens is 594 g/mol. The zero-order chi connectivity index (χ0) is 32.5. The SMILES string of the molecule is [N-]=[N+]=NCc1ccccc1C[C@@]1(C(=O)N2CCOCC2)N=C(c2ccc(OCCCO)cc2)O[C@@H]1c1ccc(-c2ccccc2)cc1. The molecule has 0 radical (unpaired) electrons.